The summed E-state index contributed by atoms with van der Waals surface area (Å²) in [5.41, 5.74) is 2.26. The molecule has 1 aliphatic rings. The highest BCUT2D eigenvalue weighted by Gasteiger charge is 2.33. The van der Waals surface area contributed by atoms with Crippen LogP contribution in [0.15, 0.2) is 41.6 Å². The largest absolute Gasteiger partial charge is 0.497 e. The van der Waals surface area contributed by atoms with Crippen molar-refractivity contribution in [3.63, 3.8) is 0 Å². The zero-order valence-electron chi connectivity index (χ0n) is 17.3. The van der Waals surface area contributed by atoms with E-state index in [9.17, 15) is 8.42 Å². The lowest BCUT2D eigenvalue weighted by Gasteiger charge is -2.26. The molecule has 1 aliphatic heterocycles. The van der Waals surface area contributed by atoms with Crippen molar-refractivity contribution in [3.8, 4) is 11.5 Å². The van der Waals surface area contributed by atoms with Gasteiger partial charge in [0.15, 0.2) is 0 Å². The molecule has 0 aliphatic carbocycles. The van der Waals surface area contributed by atoms with E-state index in [4.69, 9.17) is 9.47 Å². The molecule has 0 unspecified atom stereocenters. The third kappa shape index (κ3) is 4.09. The number of rotatable bonds is 6. The van der Waals surface area contributed by atoms with Crippen LogP contribution < -0.4 is 13.8 Å². The maximum absolute atomic E-state index is 15.1. The second kappa shape index (κ2) is 8.43. The summed E-state index contributed by atoms with van der Waals surface area (Å²) < 4.78 is 58.1. The first-order valence-electron chi connectivity index (χ1n) is 9.70. The quantitative estimate of drug-likeness (QED) is 0.543. The Labute approximate surface area is 184 Å². The third-order valence-electron chi connectivity index (χ3n) is 5.40. The number of hydrogen-bond acceptors (Lipinski definition) is 7. The van der Waals surface area contributed by atoms with Crippen LogP contribution in [-0.4, -0.2) is 31.5 Å². The molecule has 0 N–H and O–H groups in total. The molecule has 164 valence electrons. The van der Waals surface area contributed by atoms with E-state index in [1.165, 1.54) is 18.5 Å². The number of aromatic nitrogens is 2. The van der Waals surface area contributed by atoms with E-state index in [2.05, 4.69) is 9.36 Å². The van der Waals surface area contributed by atoms with Gasteiger partial charge >= 0.3 is 0 Å². The number of benzene rings is 2. The van der Waals surface area contributed by atoms with Gasteiger partial charge in [-0.05, 0) is 48.6 Å². The van der Waals surface area contributed by atoms with Gasteiger partial charge in [0.1, 0.15) is 28.5 Å². The molecule has 31 heavy (non-hydrogen) atoms. The van der Waals surface area contributed by atoms with Crippen molar-refractivity contribution < 1.29 is 22.3 Å². The maximum atomic E-state index is 15.1. The van der Waals surface area contributed by atoms with Gasteiger partial charge in [-0.15, -0.1) is 0 Å². The van der Waals surface area contributed by atoms with Crippen LogP contribution in [0.5, 0.6) is 11.5 Å². The number of anilines is 1. The van der Waals surface area contributed by atoms with Gasteiger partial charge in [-0.3, -0.25) is 0 Å². The summed E-state index contributed by atoms with van der Waals surface area (Å²) in [6, 6.07) is 7.90. The van der Waals surface area contributed by atoms with Crippen LogP contribution in [0.4, 0.5) is 9.52 Å². The first kappa shape index (κ1) is 21.5. The van der Waals surface area contributed by atoms with Gasteiger partial charge in [0, 0.05) is 23.2 Å². The Hall–Kier alpha value is -2.72. The van der Waals surface area contributed by atoms with E-state index in [0.29, 0.717) is 23.7 Å². The van der Waals surface area contributed by atoms with Crippen LogP contribution in [0.25, 0.3) is 0 Å². The molecule has 0 bridgehead atoms. The monoisotopic (exact) mass is 463 g/mol. The molecule has 7 nitrogen and oxygen atoms in total. The molecule has 0 saturated carbocycles. The lowest BCUT2D eigenvalue weighted by atomic mass is 9.95. The summed E-state index contributed by atoms with van der Waals surface area (Å²) in [5, 5.41) is 0.154. The van der Waals surface area contributed by atoms with Crippen molar-refractivity contribution in [2.24, 2.45) is 0 Å². The molecule has 0 radical (unpaired) electrons. The predicted molar refractivity (Wildman–Crippen MR) is 116 cm³/mol. The predicted octanol–water partition coefficient (Wildman–Crippen LogP) is 4.28. The molecule has 0 amide bonds. The van der Waals surface area contributed by atoms with Gasteiger partial charge in [-0.25, -0.2) is 22.1 Å². The summed E-state index contributed by atoms with van der Waals surface area (Å²) in [7, 11) is -2.72. The highest BCUT2D eigenvalue weighted by Crippen LogP contribution is 2.38. The van der Waals surface area contributed by atoms with Crippen molar-refractivity contribution in [3.05, 3.63) is 59.2 Å². The van der Waals surface area contributed by atoms with E-state index in [0.717, 1.165) is 33.4 Å². The van der Waals surface area contributed by atoms with Gasteiger partial charge in [0.05, 0.1) is 20.3 Å². The Balaban J connectivity index is 1.79. The lowest BCUT2D eigenvalue weighted by molar-refractivity contribution is 0.270. The molecule has 3 aromatic rings. The molecule has 1 aromatic heterocycles. The molecule has 4 rings (SSSR count). The van der Waals surface area contributed by atoms with E-state index >= 15 is 4.39 Å². The molecule has 10 heteroatoms. The van der Waals surface area contributed by atoms with Crippen LogP contribution in [0.2, 0.25) is 0 Å². The van der Waals surface area contributed by atoms with Gasteiger partial charge < -0.3 is 9.47 Å². The Morgan fingerprint density at radius 1 is 1.32 bits per heavy atom. The number of ether oxygens (including phenoxy) is 2. The Kier molecular flexibility index (Phi) is 5.85. The van der Waals surface area contributed by atoms with E-state index in [1.54, 1.807) is 19.2 Å². The fourth-order valence-electron chi connectivity index (χ4n) is 3.54. The van der Waals surface area contributed by atoms with Gasteiger partial charge in [0.2, 0.25) is 5.13 Å². The number of fused-ring (bicyclic) bond motifs is 1. The Morgan fingerprint density at radius 3 is 2.81 bits per heavy atom. The smallest absolute Gasteiger partial charge is 0.269 e. The van der Waals surface area contributed by atoms with Gasteiger partial charge in [0.25, 0.3) is 10.0 Å². The van der Waals surface area contributed by atoms with Gasteiger partial charge in [-0.2, -0.15) is 4.37 Å². The topological polar surface area (TPSA) is 81.6 Å². The minimum absolute atomic E-state index is 0.0266. The van der Waals surface area contributed by atoms with Crippen LogP contribution in [0, 0.1) is 12.7 Å². The fraction of sp³-hybridized carbons (Fsp3) is 0.333. The van der Waals surface area contributed by atoms with Crippen molar-refractivity contribution in [1.82, 2.24) is 9.36 Å². The number of halogens is 1. The second-order valence-corrected chi connectivity index (χ2v) is 9.98. The van der Waals surface area contributed by atoms with E-state index < -0.39 is 20.7 Å². The standard InChI is InChI=1S/C21H22FN3O4S2/c1-13-6-7-29-19-10-20(18(22)9-17(13)19)31(26,27)25(21-23-12-24-30-21)11-15-4-5-16(28-3)8-14(15)2/h4-5,8-10,12-13H,6-7,11H2,1-3H3/t13-/m1/s1. The number of aryl methyl sites for hydroxylation is 1. The van der Waals surface area contributed by atoms with E-state index in [-0.39, 0.29) is 17.6 Å². The summed E-state index contributed by atoms with van der Waals surface area (Å²) in [5.74, 6) is 0.350. The Morgan fingerprint density at radius 2 is 2.13 bits per heavy atom. The van der Waals surface area contributed by atoms with Crippen LogP contribution in [0.3, 0.4) is 0 Å². The SMILES string of the molecule is COc1ccc(CN(c2ncns2)S(=O)(=O)c2cc3c(cc2F)[C@H](C)CCO3)c(C)c1. The molecule has 0 fully saturated rings. The maximum Gasteiger partial charge on any atom is 0.269 e. The zero-order chi connectivity index (χ0) is 22.2. The highest BCUT2D eigenvalue weighted by molar-refractivity contribution is 7.93. The molecular formula is C21H22FN3O4S2. The van der Waals surface area contributed by atoms with Crippen molar-refractivity contribution in [1.29, 1.82) is 0 Å². The van der Waals surface area contributed by atoms with Crippen molar-refractivity contribution >= 4 is 26.7 Å². The van der Waals surface area contributed by atoms with E-state index in [1.807, 2.05) is 19.9 Å². The van der Waals surface area contributed by atoms with Crippen molar-refractivity contribution in [2.45, 2.75) is 37.6 Å². The van der Waals surface area contributed by atoms with Crippen LogP contribution in [-0.2, 0) is 16.6 Å². The molecule has 0 saturated heterocycles. The summed E-state index contributed by atoms with van der Waals surface area (Å²) in [6.45, 7) is 4.26. The third-order valence-corrected chi connectivity index (χ3v) is 7.95. The molecular weight excluding hydrogens is 441 g/mol. The number of methoxy groups -OCH3 is 1. The summed E-state index contributed by atoms with van der Waals surface area (Å²) >= 11 is 0.928. The number of sulfonamides is 1. The number of hydrogen-bond donors (Lipinski definition) is 0. The normalized spacial score (nSPS) is 15.8. The minimum Gasteiger partial charge on any atom is -0.497 e. The van der Waals surface area contributed by atoms with Gasteiger partial charge in [-0.1, -0.05) is 13.0 Å². The molecule has 2 aromatic carbocycles. The summed E-state index contributed by atoms with van der Waals surface area (Å²) in [4.78, 5) is 3.63. The first-order valence-corrected chi connectivity index (χ1v) is 11.9. The molecule has 0 spiro atoms. The number of nitrogens with zero attached hydrogens (tertiary/aromatic N) is 3. The lowest BCUT2D eigenvalue weighted by Crippen LogP contribution is -2.31. The van der Waals surface area contributed by atoms with Crippen LogP contribution >= 0.6 is 11.5 Å². The Bertz CT molecular complexity index is 1200. The fourth-order valence-corrected chi connectivity index (χ4v) is 5.73. The molecule has 2 heterocycles. The molecule has 1 atom stereocenters. The average molecular weight is 464 g/mol. The average Bonchev–Trinajstić information content (AvgIpc) is 3.27. The zero-order valence-corrected chi connectivity index (χ0v) is 19.0. The van der Waals surface area contributed by atoms with Crippen LogP contribution in [0.1, 0.15) is 36.0 Å². The first-order chi connectivity index (χ1) is 14.8. The highest BCUT2D eigenvalue weighted by atomic mass is 32.2. The summed E-state index contributed by atoms with van der Waals surface area (Å²) in [6.07, 6.45) is 2.03. The van der Waals surface area contributed by atoms with Crippen molar-refractivity contribution in [2.75, 3.05) is 18.0 Å². The minimum atomic E-state index is -4.28. The second-order valence-electron chi connectivity index (χ2n) is 7.39.